The van der Waals surface area contributed by atoms with E-state index in [-0.39, 0.29) is 0 Å². The molecule has 4 nitrogen and oxygen atoms in total. The summed E-state index contributed by atoms with van der Waals surface area (Å²) in [6.45, 7) is 6.87. The SMILES string of the molecule is CC#CC(c1ccc(SCc2ccccc2C)cc1)C1C(=O)OC(C)(C)OC1=O. The molecule has 0 spiro atoms. The number of carbonyl (C=O) groups excluding carboxylic acids is 2. The molecule has 2 aromatic rings. The van der Waals surface area contributed by atoms with Crippen LogP contribution in [0.25, 0.3) is 0 Å². The molecule has 0 bridgehead atoms. The first kappa shape index (κ1) is 21.0. The number of aryl methyl sites for hydroxylation is 1. The molecule has 0 aliphatic carbocycles. The Morgan fingerprint density at radius 3 is 2.24 bits per heavy atom. The van der Waals surface area contributed by atoms with Crippen molar-refractivity contribution < 1.29 is 19.1 Å². The fourth-order valence-corrected chi connectivity index (χ4v) is 4.19. The minimum absolute atomic E-state index is 0.600. The van der Waals surface area contributed by atoms with Crippen molar-refractivity contribution in [2.45, 2.75) is 50.0 Å². The number of ether oxygens (including phenoxy) is 2. The first-order valence-electron chi connectivity index (χ1n) is 9.46. The van der Waals surface area contributed by atoms with Crippen LogP contribution in [-0.4, -0.2) is 17.7 Å². The number of hydrogen-bond acceptors (Lipinski definition) is 5. The Labute approximate surface area is 176 Å². The number of esters is 2. The monoisotopic (exact) mass is 408 g/mol. The molecule has 0 amide bonds. The average Bonchev–Trinajstić information content (AvgIpc) is 2.66. The molecule has 1 unspecified atom stereocenters. The fraction of sp³-hybridized carbons (Fsp3) is 0.333. The molecule has 1 atom stereocenters. The lowest BCUT2D eigenvalue weighted by molar-refractivity contribution is -0.240. The zero-order chi connectivity index (χ0) is 21.0. The van der Waals surface area contributed by atoms with E-state index in [0.29, 0.717) is 0 Å². The summed E-state index contributed by atoms with van der Waals surface area (Å²) in [5.74, 6) is 2.55. The Morgan fingerprint density at radius 1 is 1.03 bits per heavy atom. The van der Waals surface area contributed by atoms with Gasteiger partial charge >= 0.3 is 11.9 Å². The second-order valence-corrected chi connectivity index (χ2v) is 8.42. The summed E-state index contributed by atoms with van der Waals surface area (Å²) < 4.78 is 10.5. The summed E-state index contributed by atoms with van der Waals surface area (Å²) in [6.07, 6.45) is 0. The molecule has 1 fully saturated rings. The predicted molar refractivity (Wildman–Crippen MR) is 113 cm³/mol. The highest BCUT2D eigenvalue weighted by Crippen LogP contribution is 2.34. The van der Waals surface area contributed by atoms with Crippen LogP contribution >= 0.6 is 11.8 Å². The molecular formula is C24H24O4S. The largest absolute Gasteiger partial charge is 0.422 e. The van der Waals surface area contributed by atoms with E-state index in [1.165, 1.54) is 11.1 Å². The van der Waals surface area contributed by atoms with Gasteiger partial charge < -0.3 is 9.47 Å². The highest BCUT2D eigenvalue weighted by Gasteiger charge is 2.47. The molecule has 150 valence electrons. The summed E-state index contributed by atoms with van der Waals surface area (Å²) in [7, 11) is 0. The van der Waals surface area contributed by atoms with Crippen LogP contribution in [0.1, 0.15) is 43.4 Å². The molecule has 1 heterocycles. The van der Waals surface area contributed by atoms with Crippen molar-refractivity contribution in [2.24, 2.45) is 5.92 Å². The zero-order valence-corrected chi connectivity index (χ0v) is 17.8. The smallest absolute Gasteiger partial charge is 0.325 e. The van der Waals surface area contributed by atoms with Gasteiger partial charge in [-0.2, -0.15) is 0 Å². The number of benzene rings is 2. The Hall–Kier alpha value is -2.71. The van der Waals surface area contributed by atoms with E-state index in [1.54, 1.807) is 32.5 Å². The van der Waals surface area contributed by atoms with Crippen molar-refractivity contribution >= 4 is 23.7 Å². The highest BCUT2D eigenvalue weighted by molar-refractivity contribution is 7.98. The Kier molecular flexibility index (Phi) is 6.34. The topological polar surface area (TPSA) is 52.6 Å². The van der Waals surface area contributed by atoms with Gasteiger partial charge in [0.15, 0.2) is 5.92 Å². The van der Waals surface area contributed by atoms with Gasteiger partial charge in [0.2, 0.25) is 0 Å². The molecule has 0 aromatic heterocycles. The van der Waals surface area contributed by atoms with Crippen LogP contribution in [0.5, 0.6) is 0 Å². The number of cyclic esters (lactones) is 2. The number of rotatable bonds is 5. The molecule has 1 aliphatic heterocycles. The van der Waals surface area contributed by atoms with Crippen LogP contribution in [0.2, 0.25) is 0 Å². The van der Waals surface area contributed by atoms with E-state index in [2.05, 4.69) is 30.9 Å². The number of carbonyl (C=O) groups is 2. The summed E-state index contributed by atoms with van der Waals surface area (Å²) in [6, 6.07) is 16.1. The molecule has 1 saturated heterocycles. The van der Waals surface area contributed by atoms with Crippen molar-refractivity contribution in [3.8, 4) is 11.8 Å². The molecule has 0 radical (unpaired) electrons. The van der Waals surface area contributed by atoms with Crippen molar-refractivity contribution in [1.29, 1.82) is 0 Å². The van der Waals surface area contributed by atoms with Crippen molar-refractivity contribution in [3.63, 3.8) is 0 Å². The van der Waals surface area contributed by atoms with Crippen LogP contribution < -0.4 is 0 Å². The van der Waals surface area contributed by atoms with Gasteiger partial charge in [-0.15, -0.1) is 17.7 Å². The fourth-order valence-electron chi connectivity index (χ4n) is 3.22. The van der Waals surface area contributed by atoms with Crippen LogP contribution in [-0.2, 0) is 24.8 Å². The lowest BCUT2D eigenvalue weighted by Gasteiger charge is -2.34. The molecule has 29 heavy (non-hydrogen) atoms. The maximum atomic E-state index is 12.5. The summed E-state index contributed by atoms with van der Waals surface area (Å²) in [5, 5.41) is 0. The quantitative estimate of drug-likeness (QED) is 0.306. The number of hydrogen-bond donors (Lipinski definition) is 0. The van der Waals surface area contributed by atoms with Crippen molar-refractivity contribution in [3.05, 3.63) is 65.2 Å². The van der Waals surface area contributed by atoms with Gasteiger partial charge in [-0.05, 0) is 42.7 Å². The molecular weight excluding hydrogens is 384 g/mol. The summed E-state index contributed by atoms with van der Waals surface area (Å²) in [5.41, 5.74) is 3.36. The Morgan fingerprint density at radius 2 is 1.66 bits per heavy atom. The normalized spacial score (nSPS) is 17.0. The maximum Gasteiger partial charge on any atom is 0.325 e. The second-order valence-electron chi connectivity index (χ2n) is 7.38. The summed E-state index contributed by atoms with van der Waals surface area (Å²) in [4.78, 5) is 26.1. The zero-order valence-electron chi connectivity index (χ0n) is 17.0. The third kappa shape index (κ3) is 5.02. The second kappa shape index (κ2) is 8.75. The molecule has 0 N–H and O–H groups in total. The van der Waals surface area contributed by atoms with E-state index in [9.17, 15) is 9.59 Å². The number of thioether (sulfide) groups is 1. The van der Waals surface area contributed by atoms with E-state index in [4.69, 9.17) is 9.47 Å². The van der Waals surface area contributed by atoms with Gasteiger partial charge in [0.05, 0.1) is 5.92 Å². The molecule has 3 rings (SSSR count). The first-order valence-corrected chi connectivity index (χ1v) is 10.4. The molecule has 0 saturated carbocycles. The Bertz CT molecular complexity index is 946. The summed E-state index contributed by atoms with van der Waals surface area (Å²) >= 11 is 1.74. The first-order chi connectivity index (χ1) is 13.8. The van der Waals surface area contributed by atoms with E-state index in [1.807, 2.05) is 36.4 Å². The van der Waals surface area contributed by atoms with Gasteiger partial charge in [-0.3, -0.25) is 9.59 Å². The third-order valence-electron chi connectivity index (χ3n) is 4.73. The minimum atomic E-state index is -1.25. The highest BCUT2D eigenvalue weighted by atomic mass is 32.2. The van der Waals surface area contributed by atoms with E-state index >= 15 is 0 Å². The molecule has 2 aromatic carbocycles. The maximum absolute atomic E-state index is 12.5. The predicted octanol–water partition coefficient (Wildman–Crippen LogP) is 4.85. The van der Waals surface area contributed by atoms with Crippen LogP contribution in [0.15, 0.2) is 53.4 Å². The Balaban J connectivity index is 1.77. The average molecular weight is 409 g/mol. The van der Waals surface area contributed by atoms with E-state index in [0.717, 1.165) is 16.2 Å². The molecule has 5 heteroatoms. The van der Waals surface area contributed by atoms with Crippen LogP contribution in [0.4, 0.5) is 0 Å². The third-order valence-corrected chi connectivity index (χ3v) is 5.79. The van der Waals surface area contributed by atoms with E-state index < -0.39 is 29.6 Å². The standard InChI is InChI=1S/C24H24O4S/c1-5-8-20(21-22(25)27-24(3,4)28-23(21)26)17-11-13-19(14-12-17)29-15-18-10-7-6-9-16(18)2/h6-7,9-14,20-21H,15H2,1-4H3. The van der Waals surface area contributed by atoms with Gasteiger partial charge in [-0.1, -0.05) is 42.3 Å². The van der Waals surface area contributed by atoms with Crippen LogP contribution in [0.3, 0.4) is 0 Å². The van der Waals surface area contributed by atoms with Gasteiger partial charge in [0.25, 0.3) is 5.79 Å². The van der Waals surface area contributed by atoms with Crippen molar-refractivity contribution in [2.75, 3.05) is 0 Å². The van der Waals surface area contributed by atoms with Crippen molar-refractivity contribution in [1.82, 2.24) is 0 Å². The van der Waals surface area contributed by atoms with Crippen LogP contribution in [0, 0.1) is 24.7 Å². The van der Waals surface area contributed by atoms with Gasteiger partial charge in [0, 0.05) is 24.5 Å². The van der Waals surface area contributed by atoms with Gasteiger partial charge in [0.1, 0.15) is 0 Å². The van der Waals surface area contributed by atoms with Gasteiger partial charge in [-0.25, -0.2) is 0 Å². The molecule has 1 aliphatic rings. The lowest BCUT2D eigenvalue weighted by Crippen LogP contribution is -2.48. The minimum Gasteiger partial charge on any atom is -0.422 e. The lowest BCUT2D eigenvalue weighted by atomic mass is 9.85.